The fourth-order valence-corrected chi connectivity index (χ4v) is 1.78. The molecule has 0 heterocycles. The molecule has 0 atom stereocenters. The van der Waals surface area contributed by atoms with Gasteiger partial charge in [0.25, 0.3) is 0 Å². The first-order valence-corrected chi connectivity index (χ1v) is 6.01. The van der Waals surface area contributed by atoms with Crippen LogP contribution < -0.4 is 9.47 Å². The maximum Gasteiger partial charge on any atom is 0.310 e. The van der Waals surface area contributed by atoms with Gasteiger partial charge in [-0.15, -0.1) is 0 Å². The molecule has 1 rings (SSSR count). The molecular weight excluding hydrogens is 248 g/mol. The van der Waals surface area contributed by atoms with Gasteiger partial charge in [0.1, 0.15) is 12.2 Å². The van der Waals surface area contributed by atoms with Crippen LogP contribution in [0.2, 0.25) is 0 Å². The Bertz CT molecular complexity index is 453. The summed E-state index contributed by atoms with van der Waals surface area (Å²) in [6.07, 6.45) is 1.21. The van der Waals surface area contributed by atoms with Crippen LogP contribution in [0.5, 0.6) is 11.5 Å². The summed E-state index contributed by atoms with van der Waals surface area (Å²) in [6, 6.07) is 5.58. The van der Waals surface area contributed by atoms with E-state index in [1.54, 1.807) is 14.2 Å². The number of aryl methyl sites for hydroxylation is 1. The van der Waals surface area contributed by atoms with E-state index in [9.17, 15) is 9.59 Å². The number of benzene rings is 1. The lowest BCUT2D eigenvalue weighted by Crippen LogP contribution is -2.06. The van der Waals surface area contributed by atoms with Gasteiger partial charge in [0.15, 0.2) is 11.5 Å². The van der Waals surface area contributed by atoms with Crippen molar-refractivity contribution >= 4 is 11.8 Å². The number of hydrogen-bond acceptors (Lipinski definition) is 4. The Hall–Kier alpha value is -2.04. The van der Waals surface area contributed by atoms with Crippen LogP contribution in [-0.2, 0) is 16.0 Å². The van der Waals surface area contributed by atoms with Crippen molar-refractivity contribution in [2.24, 2.45) is 0 Å². The fraction of sp³-hybridized carbons (Fsp3) is 0.429. The molecule has 5 nitrogen and oxygen atoms in total. The Kier molecular flexibility index (Phi) is 5.85. The Labute approximate surface area is 112 Å². The highest BCUT2D eigenvalue weighted by Crippen LogP contribution is 2.28. The highest BCUT2D eigenvalue weighted by molar-refractivity contribution is 5.94. The zero-order valence-corrected chi connectivity index (χ0v) is 11.1. The van der Waals surface area contributed by atoms with Crippen LogP contribution in [-0.4, -0.2) is 31.1 Å². The molecule has 104 valence electrons. The number of rotatable bonds is 8. The number of ether oxygens (including phenoxy) is 2. The van der Waals surface area contributed by atoms with E-state index in [-0.39, 0.29) is 12.2 Å². The van der Waals surface area contributed by atoms with E-state index in [0.717, 1.165) is 5.56 Å². The van der Waals surface area contributed by atoms with E-state index in [2.05, 4.69) is 0 Å². The van der Waals surface area contributed by atoms with Crippen molar-refractivity contribution in [3.05, 3.63) is 23.8 Å². The smallest absolute Gasteiger partial charge is 0.310 e. The Morgan fingerprint density at radius 3 is 2.42 bits per heavy atom. The minimum atomic E-state index is -1.07. The van der Waals surface area contributed by atoms with Crippen LogP contribution in [0.25, 0.3) is 0 Å². The van der Waals surface area contributed by atoms with E-state index in [0.29, 0.717) is 24.3 Å². The van der Waals surface area contributed by atoms with Crippen LogP contribution in [0.4, 0.5) is 0 Å². The molecule has 0 saturated heterocycles. The summed E-state index contributed by atoms with van der Waals surface area (Å²) in [4.78, 5) is 21.6. The molecule has 0 spiro atoms. The van der Waals surface area contributed by atoms with Gasteiger partial charge >= 0.3 is 5.97 Å². The van der Waals surface area contributed by atoms with Gasteiger partial charge in [-0.05, 0) is 30.5 Å². The van der Waals surface area contributed by atoms with Crippen molar-refractivity contribution in [2.45, 2.75) is 25.7 Å². The molecule has 0 fully saturated rings. The second-order valence-electron chi connectivity index (χ2n) is 4.15. The normalized spacial score (nSPS) is 10.0. The van der Waals surface area contributed by atoms with Gasteiger partial charge in [-0.2, -0.15) is 0 Å². The van der Waals surface area contributed by atoms with Crippen molar-refractivity contribution in [1.29, 1.82) is 0 Å². The molecular formula is C14H18O5. The highest BCUT2D eigenvalue weighted by Gasteiger charge is 2.08. The Morgan fingerprint density at radius 1 is 1.16 bits per heavy atom. The number of methoxy groups -OCH3 is 2. The molecule has 0 aromatic heterocycles. The third kappa shape index (κ3) is 4.99. The van der Waals surface area contributed by atoms with Crippen molar-refractivity contribution in [3.63, 3.8) is 0 Å². The first-order valence-electron chi connectivity index (χ1n) is 6.01. The highest BCUT2D eigenvalue weighted by atomic mass is 16.5. The van der Waals surface area contributed by atoms with E-state index in [1.807, 2.05) is 18.2 Å². The summed E-state index contributed by atoms with van der Waals surface area (Å²) in [6.45, 7) is 0. The van der Waals surface area contributed by atoms with Crippen LogP contribution in [0, 0.1) is 0 Å². The van der Waals surface area contributed by atoms with Gasteiger partial charge in [0.05, 0.1) is 14.2 Å². The molecule has 0 saturated carbocycles. The average Bonchev–Trinajstić information content (AvgIpc) is 2.37. The van der Waals surface area contributed by atoms with Gasteiger partial charge in [-0.25, -0.2) is 0 Å². The summed E-state index contributed by atoms with van der Waals surface area (Å²) in [7, 11) is 3.14. The first kappa shape index (κ1) is 15.0. The number of carbonyl (C=O) groups is 2. The molecule has 0 aliphatic heterocycles. The molecule has 1 aromatic carbocycles. The maximum atomic E-state index is 11.2. The van der Waals surface area contributed by atoms with Crippen LogP contribution in [0.1, 0.15) is 24.8 Å². The minimum Gasteiger partial charge on any atom is -0.493 e. The van der Waals surface area contributed by atoms with Crippen LogP contribution in [0.3, 0.4) is 0 Å². The van der Waals surface area contributed by atoms with Crippen LogP contribution >= 0.6 is 0 Å². The second kappa shape index (κ2) is 7.41. The van der Waals surface area contributed by atoms with Crippen molar-refractivity contribution in [3.8, 4) is 11.5 Å². The molecule has 1 aromatic rings. The predicted molar refractivity (Wildman–Crippen MR) is 69.7 cm³/mol. The number of aliphatic carboxylic acids is 1. The fourth-order valence-electron chi connectivity index (χ4n) is 1.78. The van der Waals surface area contributed by atoms with Gasteiger partial charge in [-0.1, -0.05) is 6.07 Å². The summed E-state index contributed by atoms with van der Waals surface area (Å²) in [5.41, 5.74) is 1.03. The van der Waals surface area contributed by atoms with E-state index < -0.39 is 12.4 Å². The van der Waals surface area contributed by atoms with Gasteiger partial charge in [-0.3, -0.25) is 9.59 Å². The number of ketones is 1. The zero-order valence-electron chi connectivity index (χ0n) is 11.1. The summed E-state index contributed by atoms with van der Waals surface area (Å²) >= 11 is 0. The Balaban J connectivity index is 2.49. The molecule has 5 heteroatoms. The third-order valence-electron chi connectivity index (χ3n) is 2.72. The summed E-state index contributed by atoms with van der Waals surface area (Å²) in [5.74, 6) is -0.00541. The minimum absolute atomic E-state index is 0.243. The molecule has 19 heavy (non-hydrogen) atoms. The number of hydrogen-bond donors (Lipinski definition) is 1. The zero-order chi connectivity index (χ0) is 14.3. The first-order chi connectivity index (χ1) is 9.06. The topological polar surface area (TPSA) is 72.8 Å². The monoisotopic (exact) mass is 266 g/mol. The van der Waals surface area contributed by atoms with E-state index >= 15 is 0 Å². The predicted octanol–water partition coefficient (Wildman–Crippen LogP) is 2.07. The number of Topliss-reactive ketones (excluding diaryl/α,β-unsaturated/α-hetero) is 1. The van der Waals surface area contributed by atoms with Crippen molar-refractivity contribution < 1.29 is 24.2 Å². The molecule has 0 amide bonds. The lowest BCUT2D eigenvalue weighted by atomic mass is 10.0. The standard InChI is InChI=1S/C14H18O5/c1-18-12-7-6-10(8-13(12)19-2)4-3-5-11(15)9-14(16)17/h6-8H,3-5,9H2,1-2H3,(H,16,17). The van der Waals surface area contributed by atoms with E-state index in [4.69, 9.17) is 14.6 Å². The lowest BCUT2D eigenvalue weighted by molar-refractivity contribution is -0.140. The molecule has 0 unspecified atom stereocenters. The molecule has 0 radical (unpaired) electrons. The Morgan fingerprint density at radius 2 is 1.84 bits per heavy atom. The number of carbonyl (C=O) groups excluding carboxylic acids is 1. The largest absolute Gasteiger partial charge is 0.493 e. The molecule has 0 aliphatic carbocycles. The van der Waals surface area contributed by atoms with Crippen LogP contribution in [0.15, 0.2) is 18.2 Å². The molecule has 0 aliphatic rings. The lowest BCUT2D eigenvalue weighted by Gasteiger charge is -2.09. The summed E-state index contributed by atoms with van der Waals surface area (Å²) in [5, 5.41) is 8.47. The SMILES string of the molecule is COc1ccc(CCCC(=O)CC(=O)O)cc1OC. The van der Waals surface area contributed by atoms with Gasteiger partial charge in [0, 0.05) is 6.42 Å². The van der Waals surface area contributed by atoms with E-state index in [1.165, 1.54) is 0 Å². The number of carboxylic acid groups (broad SMARTS) is 1. The average molecular weight is 266 g/mol. The second-order valence-corrected chi connectivity index (χ2v) is 4.15. The van der Waals surface area contributed by atoms with Gasteiger partial charge < -0.3 is 14.6 Å². The third-order valence-corrected chi connectivity index (χ3v) is 2.72. The quantitative estimate of drug-likeness (QED) is 0.729. The van der Waals surface area contributed by atoms with Crippen molar-refractivity contribution in [2.75, 3.05) is 14.2 Å². The van der Waals surface area contributed by atoms with Crippen molar-refractivity contribution in [1.82, 2.24) is 0 Å². The number of carboxylic acids is 1. The maximum absolute atomic E-state index is 11.2. The molecule has 0 bridgehead atoms. The summed E-state index contributed by atoms with van der Waals surface area (Å²) < 4.78 is 10.3. The van der Waals surface area contributed by atoms with Gasteiger partial charge in [0.2, 0.25) is 0 Å². The molecule has 1 N–H and O–H groups in total.